The predicted octanol–water partition coefficient (Wildman–Crippen LogP) is 3.58. The Hall–Kier alpha value is -2.72. The molecule has 0 radical (unpaired) electrons. The topological polar surface area (TPSA) is 131 Å². The number of benzene rings is 2. The van der Waals surface area contributed by atoms with E-state index in [2.05, 4.69) is 87.7 Å². The number of hydrogen-bond donors (Lipinski definition) is 3. The summed E-state index contributed by atoms with van der Waals surface area (Å²) in [4.78, 5) is 36.4. The van der Waals surface area contributed by atoms with Crippen LogP contribution < -0.4 is 45.3 Å². The number of carbonyl (C=O) groups is 3. The van der Waals surface area contributed by atoms with Gasteiger partial charge in [-0.3, -0.25) is 15.1 Å². The molecule has 270 valence electrons. The van der Waals surface area contributed by atoms with Crippen LogP contribution in [-0.4, -0.2) is 56.2 Å². The Bertz CT molecular complexity index is 1320. The van der Waals surface area contributed by atoms with E-state index in [1.165, 1.54) is 36.0 Å². The molecule has 4 unspecified atom stereocenters. The molecule has 4 atom stereocenters. The summed E-state index contributed by atoms with van der Waals surface area (Å²) in [5.74, 6) is 2.30. The molecule has 9 heteroatoms. The van der Waals surface area contributed by atoms with Crippen LogP contribution in [0.25, 0.3) is 0 Å². The van der Waals surface area contributed by atoms with Crippen LogP contribution in [0.15, 0.2) is 83.4 Å². The van der Waals surface area contributed by atoms with E-state index in [1.807, 2.05) is 37.1 Å². The van der Waals surface area contributed by atoms with E-state index in [4.69, 9.17) is 20.0 Å². The fourth-order valence-electron chi connectivity index (χ4n) is 6.63. The van der Waals surface area contributed by atoms with Gasteiger partial charge >= 0.3 is 29.6 Å². The van der Waals surface area contributed by atoms with Crippen molar-refractivity contribution >= 4 is 24.7 Å². The zero-order chi connectivity index (χ0) is 36.8. The number of aryl methyl sites for hydroxylation is 1. The van der Waals surface area contributed by atoms with Crippen LogP contribution in [0.1, 0.15) is 100 Å². The fraction of sp³-hybridized carbons (Fsp3) is 0.512. The Labute approximate surface area is 323 Å². The van der Waals surface area contributed by atoms with Gasteiger partial charge in [0, 0.05) is 37.4 Å². The number of aliphatic hydroxyl groups is 1. The van der Waals surface area contributed by atoms with Crippen LogP contribution in [0.5, 0.6) is 0 Å². The number of rotatable bonds is 10. The Morgan fingerprint density at radius 1 is 1.02 bits per heavy atom. The molecule has 2 aromatic rings. The first-order valence-electron chi connectivity index (χ1n) is 17.4. The maximum absolute atomic E-state index is 12.4. The molecule has 0 bridgehead atoms. The maximum Gasteiger partial charge on any atom is 1.00 e. The van der Waals surface area contributed by atoms with Gasteiger partial charge in [-0.1, -0.05) is 87.0 Å². The minimum absolute atomic E-state index is 0. The molecule has 3 aliphatic rings. The van der Waals surface area contributed by atoms with Crippen LogP contribution in [0.3, 0.4) is 0 Å². The number of aliphatic hydroxyl groups excluding tert-OH is 1. The Morgan fingerprint density at radius 3 is 2.06 bits per heavy atom. The molecule has 0 saturated heterocycles. The van der Waals surface area contributed by atoms with Crippen LogP contribution in [0.4, 0.5) is 0 Å². The molecule has 1 amide bonds. The van der Waals surface area contributed by atoms with Gasteiger partial charge in [-0.15, -0.1) is 0 Å². The predicted molar refractivity (Wildman–Crippen MR) is 199 cm³/mol. The second kappa shape index (κ2) is 26.1. The van der Waals surface area contributed by atoms with Crippen molar-refractivity contribution in [3.05, 3.63) is 95.1 Å². The largest absolute Gasteiger partial charge is 1.00 e. The molecule has 3 N–H and O–H groups in total. The first-order valence-corrected chi connectivity index (χ1v) is 17.4. The summed E-state index contributed by atoms with van der Waals surface area (Å²) in [5.41, 5.74) is 5.29. The summed E-state index contributed by atoms with van der Waals surface area (Å²) < 4.78 is 0. The molecule has 8 nitrogen and oxygen atoms in total. The molecule has 2 saturated carbocycles. The van der Waals surface area contributed by atoms with E-state index in [-0.39, 0.29) is 47.2 Å². The molecular weight excluding hydrogens is 637 g/mol. The Kier molecular flexibility index (Phi) is 24.7. The van der Waals surface area contributed by atoms with Crippen molar-refractivity contribution in [3.8, 4) is 0 Å². The number of aldehydes is 1. The van der Waals surface area contributed by atoms with Crippen LogP contribution in [-0.2, 0) is 9.59 Å². The average Bonchev–Trinajstić information content (AvgIpc) is 3.96. The first-order chi connectivity index (χ1) is 23.7. The fourth-order valence-corrected chi connectivity index (χ4v) is 6.63. The zero-order valence-electron chi connectivity index (χ0n) is 31.8. The summed E-state index contributed by atoms with van der Waals surface area (Å²) in [6.07, 6.45) is 14.9. The third-order valence-electron chi connectivity index (χ3n) is 8.83. The Balaban J connectivity index is 0.00000148. The first kappa shape index (κ1) is 47.3. The number of hydrogen-bond acceptors (Lipinski definition) is 7. The minimum atomic E-state index is -0.281. The van der Waals surface area contributed by atoms with Crippen molar-refractivity contribution < 1.29 is 54.2 Å². The van der Waals surface area contributed by atoms with Crippen molar-refractivity contribution in [1.29, 1.82) is 0 Å². The van der Waals surface area contributed by atoms with Gasteiger partial charge < -0.3 is 25.1 Å². The molecular formula is C41H60N3NaO5. The van der Waals surface area contributed by atoms with E-state index < -0.39 is 0 Å². The van der Waals surface area contributed by atoms with Gasteiger partial charge in [-0.05, 0) is 99.3 Å². The Morgan fingerprint density at radius 2 is 1.60 bits per heavy atom. The number of allylic oxidation sites excluding steroid dienone is 4. The molecule has 0 aliphatic heterocycles. The molecule has 5 rings (SSSR count). The van der Waals surface area contributed by atoms with Crippen molar-refractivity contribution in [3.63, 3.8) is 0 Å². The molecule has 0 heterocycles. The van der Waals surface area contributed by atoms with Gasteiger partial charge in [-0.25, -0.2) is 0 Å². The van der Waals surface area contributed by atoms with Gasteiger partial charge in [0.2, 0.25) is 0 Å². The second-order valence-corrected chi connectivity index (χ2v) is 13.3. The van der Waals surface area contributed by atoms with Crippen molar-refractivity contribution in [2.24, 2.45) is 28.7 Å². The summed E-state index contributed by atoms with van der Waals surface area (Å²) in [6, 6.07) is 18.5. The smallest absolute Gasteiger partial charge is 0.857 e. The van der Waals surface area contributed by atoms with E-state index >= 15 is 0 Å². The standard InChI is InChI=1S/C31H43N3O2.C7H8.CH4O.CH3O.CH2O.Na/c1-21-6-8-25(9-7-21)24(4)33-31(19-22(2)18-23(3)20-31)34-29(26-10-11-26)27-12-14-28(15-13-27)30(36)32-16-5-17-35;1-7-5-3-2-4-6-7;3*1-2;/h6,8-9,12-15,17,21-23,26,29,34H,5,7,10-11,16,18-20H2,1-4H3,(H,32,36);2-6H,1H3;2H,1H3;1H3;1H2;/q;;;-1;;+1/b33-24+;;;;;. The van der Waals surface area contributed by atoms with Crippen molar-refractivity contribution in [2.45, 2.75) is 91.3 Å². The SMILES string of the molecule is C/C(=N\C1(NC(c2ccc(C(=O)NCCC=O)cc2)C2CC2)CC(C)CC(C)C1)C1=CCC(C)C=C1.C=O.CO.C[O-].Cc1ccccc1.[Na+]. The number of aliphatic imine (C=N–C) groups is 1. The summed E-state index contributed by atoms with van der Waals surface area (Å²) in [5, 5.41) is 22.2. The van der Waals surface area contributed by atoms with Crippen molar-refractivity contribution in [2.75, 3.05) is 20.8 Å². The summed E-state index contributed by atoms with van der Waals surface area (Å²) in [6.45, 7) is 13.6. The third-order valence-corrected chi connectivity index (χ3v) is 8.83. The van der Waals surface area contributed by atoms with Gasteiger partial charge in [0.25, 0.3) is 5.91 Å². The van der Waals surface area contributed by atoms with Gasteiger partial charge in [0.05, 0.1) is 0 Å². The van der Waals surface area contributed by atoms with E-state index in [0.29, 0.717) is 42.2 Å². The molecule has 0 aromatic heterocycles. The van der Waals surface area contributed by atoms with Gasteiger partial charge in [0.15, 0.2) is 0 Å². The van der Waals surface area contributed by atoms with Gasteiger partial charge in [-0.2, -0.15) is 7.11 Å². The van der Waals surface area contributed by atoms with E-state index in [0.717, 1.165) is 45.5 Å². The van der Waals surface area contributed by atoms with Crippen molar-refractivity contribution in [1.82, 2.24) is 10.6 Å². The monoisotopic (exact) mass is 697 g/mol. The number of carbonyl (C=O) groups excluding carboxylic acids is 3. The van der Waals surface area contributed by atoms with Crippen LogP contribution in [0, 0.1) is 30.6 Å². The number of amides is 1. The molecule has 2 aromatic carbocycles. The maximum atomic E-state index is 12.4. The molecule has 3 aliphatic carbocycles. The third kappa shape index (κ3) is 16.5. The molecule has 0 spiro atoms. The van der Waals surface area contributed by atoms with Gasteiger partial charge in [0.1, 0.15) is 18.7 Å². The van der Waals surface area contributed by atoms with E-state index in [1.54, 1.807) is 0 Å². The van der Waals surface area contributed by atoms with Crippen LogP contribution in [0.2, 0.25) is 0 Å². The molecule has 50 heavy (non-hydrogen) atoms. The second-order valence-electron chi connectivity index (χ2n) is 13.3. The summed E-state index contributed by atoms with van der Waals surface area (Å²) in [7, 11) is 1.75. The van der Waals surface area contributed by atoms with E-state index in [9.17, 15) is 9.59 Å². The normalized spacial score (nSPS) is 22.7. The minimum Gasteiger partial charge on any atom is -0.857 e. The summed E-state index contributed by atoms with van der Waals surface area (Å²) >= 11 is 0. The quantitative estimate of drug-likeness (QED) is 0.151. The molecule has 2 fully saturated rings. The number of nitrogens with one attached hydrogen (secondary N) is 2. The van der Waals surface area contributed by atoms with Crippen LogP contribution >= 0.6 is 0 Å². The zero-order valence-corrected chi connectivity index (χ0v) is 33.8. The number of nitrogens with zero attached hydrogens (tertiary/aromatic N) is 1. The average molecular weight is 698 g/mol.